The molecule has 0 unspecified atom stereocenters. The molecule has 0 radical (unpaired) electrons. The lowest BCUT2D eigenvalue weighted by atomic mass is 10.2. The zero-order valence-corrected chi connectivity index (χ0v) is 9.25. The van der Waals surface area contributed by atoms with E-state index in [0.717, 1.165) is 22.8 Å². The van der Waals surface area contributed by atoms with Gasteiger partial charge in [-0.3, -0.25) is 0 Å². The lowest BCUT2D eigenvalue weighted by Gasteiger charge is -2.07. The standard InChI is InChI=1S/C11H15ClN2/c1-14(2)8-10(12)7-9-3-5-11(13)6-4-9/h3-7H,8,13H2,1-2H3/b10-7-. The first-order chi connectivity index (χ1) is 6.58. The molecule has 0 heterocycles. The average Bonchev–Trinajstić information content (AvgIpc) is 2.07. The highest BCUT2D eigenvalue weighted by Gasteiger charge is 1.95. The van der Waals surface area contributed by atoms with E-state index in [9.17, 15) is 0 Å². The zero-order chi connectivity index (χ0) is 10.6. The number of hydrogen-bond acceptors (Lipinski definition) is 2. The maximum atomic E-state index is 6.04. The van der Waals surface area contributed by atoms with E-state index in [4.69, 9.17) is 17.3 Å². The smallest absolute Gasteiger partial charge is 0.0335 e. The minimum atomic E-state index is 0.756. The maximum Gasteiger partial charge on any atom is 0.0335 e. The molecule has 1 rings (SSSR count). The number of rotatable bonds is 3. The van der Waals surface area contributed by atoms with Crippen LogP contribution in [-0.4, -0.2) is 25.5 Å². The number of nitrogen functional groups attached to an aromatic ring is 1. The molecular weight excluding hydrogens is 196 g/mol. The van der Waals surface area contributed by atoms with Crippen molar-refractivity contribution in [3.05, 3.63) is 34.9 Å². The Morgan fingerprint density at radius 1 is 1.36 bits per heavy atom. The molecule has 0 saturated heterocycles. The Morgan fingerprint density at radius 2 is 1.93 bits per heavy atom. The molecule has 1 aromatic rings. The first-order valence-corrected chi connectivity index (χ1v) is 4.82. The van der Waals surface area contributed by atoms with Gasteiger partial charge in [0.2, 0.25) is 0 Å². The average molecular weight is 211 g/mol. The van der Waals surface area contributed by atoms with Gasteiger partial charge in [0.25, 0.3) is 0 Å². The van der Waals surface area contributed by atoms with Gasteiger partial charge in [0.05, 0.1) is 0 Å². The second-order valence-electron chi connectivity index (χ2n) is 3.50. The van der Waals surface area contributed by atoms with Gasteiger partial charge in [-0.05, 0) is 37.9 Å². The summed E-state index contributed by atoms with van der Waals surface area (Å²) in [6.45, 7) is 0.756. The predicted octanol–water partition coefficient (Wildman–Crippen LogP) is 2.41. The van der Waals surface area contributed by atoms with Crippen molar-refractivity contribution in [2.45, 2.75) is 0 Å². The third-order valence-electron chi connectivity index (χ3n) is 1.73. The molecule has 76 valence electrons. The van der Waals surface area contributed by atoms with E-state index in [-0.39, 0.29) is 0 Å². The van der Waals surface area contributed by atoms with Crippen LogP contribution in [0.15, 0.2) is 29.3 Å². The Kier molecular flexibility index (Phi) is 3.98. The Bertz CT molecular complexity index is 315. The topological polar surface area (TPSA) is 29.3 Å². The van der Waals surface area contributed by atoms with Gasteiger partial charge in [-0.15, -0.1) is 0 Å². The largest absolute Gasteiger partial charge is 0.399 e. The van der Waals surface area contributed by atoms with E-state index in [0.29, 0.717) is 0 Å². The molecule has 3 heteroatoms. The van der Waals surface area contributed by atoms with Gasteiger partial charge in [0, 0.05) is 17.3 Å². The van der Waals surface area contributed by atoms with Crippen LogP contribution in [0.5, 0.6) is 0 Å². The molecule has 0 aliphatic heterocycles. The van der Waals surface area contributed by atoms with Crippen LogP contribution in [-0.2, 0) is 0 Å². The lowest BCUT2D eigenvalue weighted by molar-refractivity contribution is 0.453. The molecular formula is C11H15ClN2. The summed E-state index contributed by atoms with van der Waals surface area (Å²) in [5.74, 6) is 0. The fourth-order valence-corrected chi connectivity index (χ4v) is 1.49. The fourth-order valence-electron chi connectivity index (χ4n) is 1.12. The van der Waals surface area contributed by atoms with Crippen molar-refractivity contribution < 1.29 is 0 Å². The van der Waals surface area contributed by atoms with Gasteiger partial charge in [0.15, 0.2) is 0 Å². The second kappa shape index (κ2) is 5.03. The summed E-state index contributed by atoms with van der Waals surface area (Å²) < 4.78 is 0. The Balaban J connectivity index is 2.71. The van der Waals surface area contributed by atoms with E-state index < -0.39 is 0 Å². The SMILES string of the molecule is CN(C)C/C(Cl)=C/c1ccc(N)cc1. The summed E-state index contributed by atoms with van der Waals surface area (Å²) in [5.41, 5.74) is 7.42. The van der Waals surface area contributed by atoms with Crippen LogP contribution in [0.25, 0.3) is 6.08 Å². The van der Waals surface area contributed by atoms with E-state index >= 15 is 0 Å². The summed E-state index contributed by atoms with van der Waals surface area (Å²) in [6.07, 6.45) is 1.95. The monoisotopic (exact) mass is 210 g/mol. The molecule has 0 saturated carbocycles. The molecule has 0 bridgehead atoms. The van der Waals surface area contributed by atoms with Gasteiger partial charge in [0.1, 0.15) is 0 Å². The molecule has 14 heavy (non-hydrogen) atoms. The molecule has 0 amide bonds. The third-order valence-corrected chi connectivity index (χ3v) is 1.96. The maximum absolute atomic E-state index is 6.04. The molecule has 0 aliphatic rings. The number of nitrogens with two attached hydrogens (primary N) is 1. The molecule has 0 fully saturated rings. The van der Waals surface area contributed by atoms with Crippen molar-refractivity contribution in [1.82, 2.24) is 4.90 Å². The number of hydrogen-bond donors (Lipinski definition) is 1. The van der Waals surface area contributed by atoms with Crippen molar-refractivity contribution >= 4 is 23.4 Å². The van der Waals surface area contributed by atoms with Crippen LogP contribution in [0.3, 0.4) is 0 Å². The van der Waals surface area contributed by atoms with E-state index in [1.54, 1.807) is 0 Å². The van der Waals surface area contributed by atoms with Crippen LogP contribution in [0.2, 0.25) is 0 Å². The van der Waals surface area contributed by atoms with Gasteiger partial charge < -0.3 is 10.6 Å². The second-order valence-corrected chi connectivity index (χ2v) is 3.98. The van der Waals surface area contributed by atoms with E-state index in [1.807, 2.05) is 49.3 Å². The molecule has 2 N–H and O–H groups in total. The quantitative estimate of drug-likeness (QED) is 0.777. The van der Waals surface area contributed by atoms with Crippen LogP contribution in [0.1, 0.15) is 5.56 Å². The van der Waals surface area contributed by atoms with Crippen LogP contribution in [0.4, 0.5) is 5.69 Å². The summed E-state index contributed by atoms with van der Waals surface area (Å²) in [7, 11) is 3.97. The highest BCUT2D eigenvalue weighted by Crippen LogP contribution is 2.12. The Hall–Kier alpha value is -0.990. The third kappa shape index (κ3) is 3.81. The number of likely N-dealkylation sites (N-methyl/N-ethyl adjacent to an activating group) is 1. The summed E-state index contributed by atoms with van der Waals surface area (Å²) in [4.78, 5) is 2.02. The minimum absolute atomic E-state index is 0.756. The normalized spacial score (nSPS) is 12.1. The minimum Gasteiger partial charge on any atom is -0.399 e. The highest BCUT2D eigenvalue weighted by molar-refractivity contribution is 6.31. The summed E-state index contributed by atoms with van der Waals surface area (Å²) in [6, 6.07) is 7.64. The van der Waals surface area contributed by atoms with Crippen molar-refractivity contribution in [2.75, 3.05) is 26.4 Å². The fraction of sp³-hybridized carbons (Fsp3) is 0.273. The number of benzene rings is 1. The number of halogens is 1. The van der Waals surface area contributed by atoms with E-state index in [2.05, 4.69) is 0 Å². The summed E-state index contributed by atoms with van der Waals surface area (Å²) in [5, 5.41) is 0.819. The van der Waals surface area contributed by atoms with Crippen LogP contribution in [0, 0.1) is 0 Å². The van der Waals surface area contributed by atoms with Crippen LogP contribution < -0.4 is 5.73 Å². The van der Waals surface area contributed by atoms with E-state index in [1.165, 1.54) is 0 Å². The van der Waals surface area contributed by atoms with Crippen molar-refractivity contribution in [2.24, 2.45) is 0 Å². The van der Waals surface area contributed by atoms with Crippen LogP contribution >= 0.6 is 11.6 Å². The molecule has 1 aromatic carbocycles. The van der Waals surface area contributed by atoms with Gasteiger partial charge in [-0.2, -0.15) is 0 Å². The zero-order valence-electron chi connectivity index (χ0n) is 8.50. The van der Waals surface area contributed by atoms with Crippen molar-refractivity contribution in [3.8, 4) is 0 Å². The summed E-state index contributed by atoms with van der Waals surface area (Å²) >= 11 is 6.04. The Morgan fingerprint density at radius 3 is 2.43 bits per heavy atom. The lowest BCUT2D eigenvalue weighted by Crippen LogP contribution is -2.12. The first kappa shape index (κ1) is 11.1. The van der Waals surface area contributed by atoms with Crippen molar-refractivity contribution in [1.29, 1.82) is 0 Å². The molecule has 0 aromatic heterocycles. The molecule has 0 aliphatic carbocycles. The van der Waals surface area contributed by atoms with Gasteiger partial charge in [-0.25, -0.2) is 0 Å². The van der Waals surface area contributed by atoms with Gasteiger partial charge >= 0.3 is 0 Å². The highest BCUT2D eigenvalue weighted by atomic mass is 35.5. The number of anilines is 1. The molecule has 2 nitrogen and oxygen atoms in total. The number of nitrogens with zero attached hydrogens (tertiary/aromatic N) is 1. The van der Waals surface area contributed by atoms with Crippen molar-refractivity contribution in [3.63, 3.8) is 0 Å². The predicted molar refractivity (Wildman–Crippen MR) is 63.2 cm³/mol. The first-order valence-electron chi connectivity index (χ1n) is 4.44. The molecule has 0 spiro atoms. The Labute approximate surface area is 90.0 Å². The molecule has 0 atom stereocenters. The van der Waals surface area contributed by atoms with Gasteiger partial charge in [-0.1, -0.05) is 23.7 Å².